The highest BCUT2D eigenvalue weighted by Gasteiger charge is 2.45. The predicted molar refractivity (Wildman–Crippen MR) is 154 cm³/mol. The molecule has 0 bridgehead atoms. The van der Waals surface area contributed by atoms with Crippen molar-refractivity contribution in [3.8, 4) is 0 Å². The number of halogens is 1. The number of carbonyl (C=O) groups is 3. The zero-order chi connectivity index (χ0) is 30.3. The van der Waals surface area contributed by atoms with Crippen molar-refractivity contribution in [3.63, 3.8) is 0 Å². The molecule has 0 aromatic carbocycles. The molecule has 3 heterocycles. The number of anilines is 1. The van der Waals surface area contributed by atoms with Crippen LogP contribution < -0.4 is 16.0 Å². The van der Waals surface area contributed by atoms with Gasteiger partial charge in [-0.05, 0) is 50.5 Å². The summed E-state index contributed by atoms with van der Waals surface area (Å²) in [6.45, 7) is 3.36. The van der Waals surface area contributed by atoms with Gasteiger partial charge in [0.15, 0.2) is 5.13 Å². The molecule has 1 aliphatic heterocycles. The molecule has 0 spiro atoms. The predicted octanol–water partition coefficient (Wildman–Crippen LogP) is 2.15. The standard InChI is InChI=1S/C28H40FN7O6S/c1-16(37)32-14-18-15-36(35-34-18)7-8-41-24-10-17-4-5-30-23(13-26(38)33-28-31-6-9-43-28)21(17)12-25(24)42-19-2-3-20(27(39)40)22(29)11-19/h6,9,15,17,19-25,30H,2-5,7-8,10-14H2,1H3,(H,32,37)(H,39,40)(H,31,33,38)/t17?,19?,20?,21?,22?,23-,24?,25?/m1/s1. The maximum atomic E-state index is 14.7. The number of hydrogen-bond donors (Lipinski definition) is 4. The Hall–Kier alpha value is -3.01. The van der Waals surface area contributed by atoms with Crippen molar-refractivity contribution in [1.29, 1.82) is 0 Å². The lowest BCUT2D eigenvalue weighted by molar-refractivity contribution is -0.164. The fourth-order valence-corrected chi connectivity index (χ4v) is 7.18. The van der Waals surface area contributed by atoms with Gasteiger partial charge in [0.25, 0.3) is 0 Å². The molecule has 2 amide bonds. The number of aliphatic carboxylic acids is 1. The van der Waals surface area contributed by atoms with Gasteiger partial charge in [0, 0.05) is 37.4 Å². The Morgan fingerprint density at radius 2 is 2.07 bits per heavy atom. The van der Waals surface area contributed by atoms with Gasteiger partial charge >= 0.3 is 5.97 Å². The molecule has 0 radical (unpaired) electrons. The Kier molecular flexibility index (Phi) is 10.7. The minimum atomic E-state index is -1.45. The van der Waals surface area contributed by atoms with Crippen LogP contribution in [0.4, 0.5) is 9.52 Å². The first kappa shape index (κ1) is 31.4. The van der Waals surface area contributed by atoms with Crippen molar-refractivity contribution in [1.82, 2.24) is 30.6 Å². The number of alkyl halides is 1. The number of amides is 2. The smallest absolute Gasteiger partial charge is 0.309 e. The topological polar surface area (TPSA) is 170 Å². The van der Waals surface area contributed by atoms with Gasteiger partial charge in [-0.1, -0.05) is 5.21 Å². The molecule has 43 heavy (non-hydrogen) atoms. The number of fused-ring (bicyclic) bond motifs is 1. The molecule has 2 aliphatic carbocycles. The third kappa shape index (κ3) is 8.55. The zero-order valence-electron chi connectivity index (χ0n) is 24.2. The minimum absolute atomic E-state index is 0.0420. The van der Waals surface area contributed by atoms with Crippen LogP contribution in [0.25, 0.3) is 0 Å². The van der Waals surface area contributed by atoms with Crippen molar-refractivity contribution in [2.24, 2.45) is 17.8 Å². The highest BCUT2D eigenvalue weighted by atomic mass is 32.1. The molecule has 2 aromatic heterocycles. The molecular weight excluding hydrogens is 581 g/mol. The molecule has 13 nitrogen and oxygen atoms in total. The Labute approximate surface area is 253 Å². The van der Waals surface area contributed by atoms with Gasteiger partial charge in [0.1, 0.15) is 11.9 Å². The number of carbonyl (C=O) groups excluding carboxylic acids is 2. The van der Waals surface area contributed by atoms with Crippen LogP contribution in [0, 0.1) is 17.8 Å². The first-order chi connectivity index (χ1) is 20.7. The average molecular weight is 622 g/mol. The number of nitrogens with zero attached hydrogens (tertiary/aromatic N) is 4. The molecule has 236 valence electrons. The average Bonchev–Trinajstić information content (AvgIpc) is 3.64. The molecule has 1 saturated heterocycles. The van der Waals surface area contributed by atoms with E-state index in [0.717, 1.165) is 19.4 Å². The molecule has 7 unspecified atom stereocenters. The van der Waals surface area contributed by atoms with Gasteiger partial charge in [-0.2, -0.15) is 0 Å². The lowest BCUT2D eigenvalue weighted by Crippen LogP contribution is -2.55. The van der Waals surface area contributed by atoms with Crippen molar-refractivity contribution in [2.45, 2.75) is 95.5 Å². The molecule has 4 N–H and O–H groups in total. The summed E-state index contributed by atoms with van der Waals surface area (Å²) >= 11 is 1.37. The lowest BCUT2D eigenvalue weighted by Gasteiger charge is -2.48. The summed E-state index contributed by atoms with van der Waals surface area (Å²) in [6.07, 6.45) is 4.42. The second kappa shape index (κ2) is 14.6. The second-order valence-electron chi connectivity index (χ2n) is 11.7. The van der Waals surface area contributed by atoms with Crippen LogP contribution >= 0.6 is 11.3 Å². The van der Waals surface area contributed by atoms with Crippen LogP contribution in [0.1, 0.15) is 57.6 Å². The largest absolute Gasteiger partial charge is 0.481 e. The van der Waals surface area contributed by atoms with Crippen LogP contribution in [0.3, 0.4) is 0 Å². The van der Waals surface area contributed by atoms with Crippen molar-refractivity contribution < 1.29 is 33.4 Å². The van der Waals surface area contributed by atoms with Gasteiger partial charge in [-0.3, -0.25) is 14.4 Å². The van der Waals surface area contributed by atoms with Gasteiger partial charge in [0.05, 0.1) is 50.1 Å². The third-order valence-corrected chi connectivity index (χ3v) is 9.44. The third-order valence-electron chi connectivity index (χ3n) is 8.75. The van der Waals surface area contributed by atoms with E-state index in [1.54, 1.807) is 17.1 Å². The highest BCUT2D eigenvalue weighted by Crippen LogP contribution is 2.42. The monoisotopic (exact) mass is 621 g/mol. The van der Waals surface area contributed by atoms with Crippen LogP contribution in [-0.4, -0.2) is 86.5 Å². The molecular formula is C28H40FN7O6S. The highest BCUT2D eigenvalue weighted by molar-refractivity contribution is 7.13. The van der Waals surface area contributed by atoms with Gasteiger partial charge in [-0.15, -0.1) is 16.4 Å². The summed E-state index contributed by atoms with van der Waals surface area (Å²) < 4.78 is 29.3. The molecule has 15 heteroatoms. The molecule has 2 saturated carbocycles. The van der Waals surface area contributed by atoms with E-state index in [1.165, 1.54) is 18.3 Å². The van der Waals surface area contributed by atoms with Gasteiger partial charge in [-0.25, -0.2) is 14.1 Å². The van der Waals surface area contributed by atoms with Crippen molar-refractivity contribution in [2.75, 3.05) is 18.5 Å². The maximum absolute atomic E-state index is 14.7. The Morgan fingerprint density at radius 3 is 2.81 bits per heavy atom. The SMILES string of the molecule is CC(=O)NCc1cn(CCOC2CC3CCN[C@H](CC(=O)Nc4nccs4)C3CC2OC2CCC(C(=O)O)C(F)C2)nn1. The Morgan fingerprint density at radius 1 is 1.21 bits per heavy atom. The minimum Gasteiger partial charge on any atom is -0.481 e. The number of rotatable bonds is 12. The van der Waals surface area contributed by atoms with Gasteiger partial charge < -0.3 is 30.5 Å². The molecule has 3 fully saturated rings. The molecule has 8 atom stereocenters. The number of nitrogens with one attached hydrogen (secondary N) is 3. The van der Waals surface area contributed by atoms with Gasteiger partial charge in [0.2, 0.25) is 11.8 Å². The van der Waals surface area contributed by atoms with E-state index < -0.39 is 24.2 Å². The van der Waals surface area contributed by atoms with E-state index in [9.17, 15) is 23.9 Å². The summed E-state index contributed by atoms with van der Waals surface area (Å²) in [4.78, 5) is 39.6. The zero-order valence-corrected chi connectivity index (χ0v) is 25.0. The number of ether oxygens (including phenoxy) is 2. The second-order valence-corrected chi connectivity index (χ2v) is 12.6. The van der Waals surface area contributed by atoms with E-state index >= 15 is 0 Å². The van der Waals surface area contributed by atoms with Crippen molar-refractivity contribution in [3.05, 3.63) is 23.5 Å². The normalized spacial score (nSPS) is 30.7. The quantitative estimate of drug-likeness (QED) is 0.275. The Balaban J connectivity index is 1.22. The Bertz CT molecular complexity index is 1230. The van der Waals surface area contributed by atoms with E-state index in [4.69, 9.17) is 9.47 Å². The summed E-state index contributed by atoms with van der Waals surface area (Å²) in [6, 6.07) is -0.0420. The van der Waals surface area contributed by atoms with Crippen LogP contribution in [0.15, 0.2) is 17.8 Å². The van der Waals surface area contributed by atoms with Crippen molar-refractivity contribution >= 4 is 34.3 Å². The fourth-order valence-electron chi connectivity index (χ4n) is 6.63. The molecule has 2 aromatic rings. The maximum Gasteiger partial charge on any atom is 0.309 e. The first-order valence-corrected chi connectivity index (χ1v) is 15.8. The number of carboxylic acids is 1. The summed E-state index contributed by atoms with van der Waals surface area (Å²) in [7, 11) is 0. The van der Waals surface area contributed by atoms with Crippen LogP contribution in [0.5, 0.6) is 0 Å². The fraction of sp³-hybridized carbons (Fsp3) is 0.714. The lowest BCUT2D eigenvalue weighted by atomic mass is 9.68. The number of thiazole rings is 1. The number of hydrogen-bond acceptors (Lipinski definition) is 10. The van der Waals surface area contributed by atoms with E-state index in [1.807, 2.05) is 5.38 Å². The van der Waals surface area contributed by atoms with E-state index in [0.29, 0.717) is 55.7 Å². The summed E-state index contributed by atoms with van der Waals surface area (Å²) in [5, 5.41) is 29.0. The van der Waals surface area contributed by atoms with Crippen LogP contribution in [0.2, 0.25) is 0 Å². The van der Waals surface area contributed by atoms with Crippen LogP contribution in [-0.2, 0) is 36.9 Å². The summed E-state index contributed by atoms with van der Waals surface area (Å²) in [5.41, 5.74) is 0.648. The van der Waals surface area contributed by atoms with E-state index in [2.05, 4.69) is 31.2 Å². The number of piperidine rings is 1. The number of aromatic nitrogens is 4. The number of carboxylic acid groups (broad SMARTS) is 1. The van der Waals surface area contributed by atoms with E-state index in [-0.39, 0.29) is 48.8 Å². The summed E-state index contributed by atoms with van der Waals surface area (Å²) in [5.74, 6) is -1.84. The molecule has 3 aliphatic rings. The first-order valence-electron chi connectivity index (χ1n) is 14.9. The molecule has 5 rings (SSSR count).